The summed E-state index contributed by atoms with van der Waals surface area (Å²) in [4.78, 5) is 37.4. The molecule has 0 bridgehead atoms. The molecule has 37 heavy (non-hydrogen) atoms. The van der Waals surface area contributed by atoms with E-state index in [0.717, 1.165) is 45.5 Å². The van der Waals surface area contributed by atoms with E-state index in [-0.39, 0.29) is 37.9 Å². The number of hydrogen-bond donors (Lipinski definition) is 2. The van der Waals surface area contributed by atoms with Gasteiger partial charge >= 0.3 is 6.09 Å². The van der Waals surface area contributed by atoms with E-state index in [1.54, 1.807) is 4.57 Å². The Morgan fingerprint density at radius 1 is 0.973 bits per heavy atom. The van der Waals surface area contributed by atoms with Gasteiger partial charge in [-0.1, -0.05) is 61.7 Å². The maximum absolute atomic E-state index is 13.0. The molecule has 1 aromatic carbocycles. The van der Waals surface area contributed by atoms with E-state index in [0.29, 0.717) is 0 Å². The van der Waals surface area contributed by atoms with E-state index in [2.05, 4.69) is 35.9 Å². The first-order valence-corrected chi connectivity index (χ1v) is 12.2. The molecule has 4 rings (SSSR count). The second-order valence-electron chi connectivity index (χ2n) is 8.77. The number of fused-ring (bicyclic) bond motifs is 1. The molecule has 1 heterocycles. The lowest BCUT2D eigenvalue weighted by atomic mass is 9.93. The summed E-state index contributed by atoms with van der Waals surface area (Å²) in [5.74, 6) is -0.817. The number of allylic oxidation sites excluding steroid dienone is 4. The van der Waals surface area contributed by atoms with Gasteiger partial charge in [-0.3, -0.25) is 14.2 Å². The zero-order chi connectivity index (χ0) is 26.2. The minimum Gasteiger partial charge on any atom is -0.449 e. The molecule has 1 aliphatic heterocycles. The Kier molecular flexibility index (Phi) is 8.22. The van der Waals surface area contributed by atoms with E-state index in [9.17, 15) is 14.4 Å². The van der Waals surface area contributed by atoms with Gasteiger partial charge < -0.3 is 15.4 Å². The molecule has 7 heteroatoms. The van der Waals surface area contributed by atoms with Crippen LogP contribution in [0.5, 0.6) is 0 Å². The number of alkyl carbamates (subject to hydrolysis) is 1. The second-order valence-corrected chi connectivity index (χ2v) is 8.77. The minimum absolute atomic E-state index is 0.0710. The molecule has 2 N–H and O–H groups in total. The van der Waals surface area contributed by atoms with E-state index in [1.165, 1.54) is 0 Å². The van der Waals surface area contributed by atoms with Crippen molar-refractivity contribution in [3.63, 3.8) is 0 Å². The second kappa shape index (κ2) is 11.9. The highest BCUT2D eigenvalue weighted by Crippen LogP contribution is 2.23. The highest BCUT2D eigenvalue weighted by molar-refractivity contribution is 5.90. The van der Waals surface area contributed by atoms with Crippen LogP contribution in [0.3, 0.4) is 0 Å². The number of hydrogen-bond acceptors (Lipinski definition) is 4. The van der Waals surface area contributed by atoms with Crippen molar-refractivity contribution in [1.29, 1.82) is 0 Å². The van der Waals surface area contributed by atoms with Crippen LogP contribution in [0, 0.1) is 28.6 Å². The zero-order valence-electron chi connectivity index (χ0n) is 20.6. The Bertz CT molecular complexity index is 1440. The average molecular weight is 496 g/mol. The predicted molar refractivity (Wildman–Crippen MR) is 142 cm³/mol. The highest BCUT2D eigenvalue weighted by Gasteiger charge is 2.17. The van der Waals surface area contributed by atoms with Crippen molar-refractivity contribution in [3.05, 3.63) is 108 Å². The summed E-state index contributed by atoms with van der Waals surface area (Å²) in [5, 5.41) is 7.45. The summed E-state index contributed by atoms with van der Waals surface area (Å²) in [6.45, 7) is 8.03. The molecule has 0 radical (unpaired) electrons. The number of carbonyl (C=O) groups is 3. The van der Waals surface area contributed by atoms with Gasteiger partial charge in [0.15, 0.2) is 0 Å². The SMILES string of the molecule is C=C1/C=C\CC/C=C\C(=C)C1COC(=O)NCC(=O)NCCC(=O)n1c2ccc=2c#cc2ccccc21. The molecule has 0 spiro atoms. The van der Waals surface area contributed by atoms with Crippen molar-refractivity contribution >= 4 is 28.8 Å². The van der Waals surface area contributed by atoms with E-state index in [1.807, 2.05) is 60.7 Å². The summed E-state index contributed by atoms with van der Waals surface area (Å²) in [5.41, 5.74) is 2.35. The number of amides is 2. The summed E-state index contributed by atoms with van der Waals surface area (Å²) in [7, 11) is 0. The molecule has 0 aromatic heterocycles. The number of para-hydroxylation sites is 1. The van der Waals surface area contributed by atoms with Gasteiger partial charge in [-0.15, -0.1) is 0 Å². The Morgan fingerprint density at radius 2 is 1.70 bits per heavy atom. The van der Waals surface area contributed by atoms with Gasteiger partial charge in [0, 0.05) is 29.5 Å². The normalized spacial score (nSPS) is 15.8. The smallest absolute Gasteiger partial charge is 0.407 e. The highest BCUT2D eigenvalue weighted by atomic mass is 16.5. The lowest BCUT2D eigenvalue weighted by Crippen LogP contribution is -2.38. The molecule has 0 fully saturated rings. The molecule has 0 unspecified atom stereocenters. The van der Waals surface area contributed by atoms with Crippen LogP contribution in [0.4, 0.5) is 4.79 Å². The van der Waals surface area contributed by atoms with Crippen molar-refractivity contribution in [1.82, 2.24) is 15.2 Å². The Balaban J connectivity index is 1.25. The number of nitrogens with one attached hydrogen (secondary N) is 2. The molecule has 7 nitrogen and oxygen atoms in total. The third-order valence-corrected chi connectivity index (χ3v) is 6.15. The van der Waals surface area contributed by atoms with Crippen molar-refractivity contribution in [2.24, 2.45) is 5.92 Å². The fourth-order valence-electron chi connectivity index (χ4n) is 4.04. The summed E-state index contributed by atoms with van der Waals surface area (Å²) < 4.78 is 6.93. The maximum atomic E-state index is 13.0. The fourth-order valence-corrected chi connectivity index (χ4v) is 4.04. The molecule has 2 aliphatic carbocycles. The number of aromatic nitrogens is 1. The van der Waals surface area contributed by atoms with Crippen LogP contribution in [0.25, 0.3) is 10.9 Å². The van der Waals surface area contributed by atoms with E-state index >= 15 is 0 Å². The number of nitrogens with zero attached hydrogens (tertiary/aromatic N) is 1. The van der Waals surface area contributed by atoms with E-state index < -0.39 is 12.0 Å². The summed E-state index contributed by atoms with van der Waals surface area (Å²) >= 11 is 0. The maximum Gasteiger partial charge on any atom is 0.407 e. The predicted octanol–water partition coefficient (Wildman–Crippen LogP) is 4.47. The molecule has 0 saturated carbocycles. The summed E-state index contributed by atoms with van der Waals surface area (Å²) in [6.07, 6.45) is 9.11. The van der Waals surface area contributed by atoms with Crippen molar-refractivity contribution < 1.29 is 19.1 Å². The molecule has 3 aliphatic rings. The number of benzene rings is 1. The molecule has 0 atom stereocenters. The van der Waals surface area contributed by atoms with Crippen LogP contribution in [-0.2, 0) is 9.53 Å². The average Bonchev–Trinajstić information content (AvgIpc) is 2.91. The van der Waals surface area contributed by atoms with Crippen LogP contribution >= 0.6 is 0 Å². The lowest BCUT2D eigenvalue weighted by Gasteiger charge is -2.18. The largest absolute Gasteiger partial charge is 0.449 e. The van der Waals surface area contributed by atoms with Gasteiger partial charge in [-0.2, -0.15) is 0 Å². The molecule has 1 aromatic rings. The standard InChI is InChI=1S/C30H29N3O4/c1-21-9-5-3-4-6-10-22(2)25(21)20-37-30(36)32-19-28(34)31-18-17-29(35)33-26-12-8-7-11-23(26)13-14-24-15-16-27(24)33/h5-12,15-16,25H,1-4,17-20H2,(H,31,34)(H,32,36)/b9-5-,10-6-. The third-order valence-electron chi connectivity index (χ3n) is 6.15. The van der Waals surface area contributed by atoms with Gasteiger partial charge in [0.2, 0.25) is 11.8 Å². The first-order chi connectivity index (χ1) is 17.9. The minimum atomic E-state index is -0.711. The molecular weight excluding hydrogens is 466 g/mol. The van der Waals surface area contributed by atoms with Crippen molar-refractivity contribution in [3.8, 4) is 0 Å². The number of rotatable bonds is 7. The monoisotopic (exact) mass is 495 g/mol. The van der Waals surface area contributed by atoms with Gasteiger partial charge in [0.1, 0.15) is 6.61 Å². The third kappa shape index (κ3) is 6.36. The molecule has 188 valence electrons. The van der Waals surface area contributed by atoms with Crippen LogP contribution in [0.1, 0.15) is 24.1 Å². The summed E-state index contributed by atoms with van der Waals surface area (Å²) in [6, 6.07) is 17.4. The van der Waals surface area contributed by atoms with E-state index in [4.69, 9.17) is 4.74 Å². The fraction of sp³-hybridized carbons (Fsp3) is 0.233. The quantitative estimate of drug-likeness (QED) is 0.506. The first kappa shape index (κ1) is 25.5. The lowest BCUT2D eigenvalue weighted by molar-refractivity contribution is -0.120. The first-order valence-electron chi connectivity index (χ1n) is 12.2. The van der Waals surface area contributed by atoms with Gasteiger partial charge in [0.05, 0.1) is 17.4 Å². The zero-order valence-corrected chi connectivity index (χ0v) is 20.6. The van der Waals surface area contributed by atoms with Gasteiger partial charge in [0.25, 0.3) is 0 Å². The molecular formula is C30H29N3O4. The van der Waals surface area contributed by atoms with Crippen molar-refractivity contribution in [2.45, 2.75) is 19.3 Å². The number of ether oxygens (including phenoxy) is 1. The topological polar surface area (TPSA) is 89.4 Å². The van der Waals surface area contributed by atoms with Gasteiger partial charge in [-0.25, -0.2) is 4.79 Å². The van der Waals surface area contributed by atoms with Crippen LogP contribution in [0.15, 0.2) is 85.0 Å². The Labute approximate surface area is 215 Å². The molecule has 0 saturated heterocycles. The van der Waals surface area contributed by atoms with Crippen LogP contribution in [-0.4, -0.2) is 42.2 Å². The van der Waals surface area contributed by atoms with Crippen LogP contribution < -0.4 is 10.6 Å². The Morgan fingerprint density at radius 3 is 2.41 bits per heavy atom. The van der Waals surface area contributed by atoms with Gasteiger partial charge in [-0.05, 0) is 48.3 Å². The Hall–Kier alpha value is -4.57. The van der Waals surface area contributed by atoms with Crippen molar-refractivity contribution in [2.75, 3.05) is 19.7 Å². The van der Waals surface area contributed by atoms with Crippen LogP contribution in [0.2, 0.25) is 0 Å². The molecule has 2 amide bonds. The number of carbonyl (C=O) groups excluding carboxylic acids is 3.